The molecule has 0 radical (unpaired) electrons. The minimum absolute atomic E-state index is 0.0883. The van der Waals surface area contributed by atoms with E-state index in [-0.39, 0.29) is 29.5 Å². The zero-order valence-electron chi connectivity index (χ0n) is 9.40. The highest BCUT2D eigenvalue weighted by Crippen LogP contribution is 2.62. The number of carbonyl (C=O) groups excluding carboxylic acids is 2. The minimum atomic E-state index is -0.685. The zero-order chi connectivity index (χ0) is 11.5. The van der Waals surface area contributed by atoms with Crippen LogP contribution in [0.5, 0.6) is 0 Å². The number of hydrogen-bond acceptors (Lipinski definition) is 3. The standard InChI is InChI=1S/C13H14O3/c1-7-5-8-6-9(7)11-10(14)3-4-13(8,11)12(15)16-2/h3-5,8-9,11H,6H2,1-2H3/t8-,9-,11?,13+/m0/s1. The van der Waals surface area contributed by atoms with Crippen molar-refractivity contribution in [3.8, 4) is 0 Å². The second kappa shape index (κ2) is 2.84. The highest BCUT2D eigenvalue weighted by atomic mass is 16.5. The molecule has 0 aromatic rings. The predicted molar refractivity (Wildman–Crippen MR) is 57.4 cm³/mol. The number of fused-ring (bicyclic) bond motifs is 5. The molecule has 0 spiro atoms. The van der Waals surface area contributed by atoms with Gasteiger partial charge in [0.15, 0.2) is 5.78 Å². The molecule has 0 aliphatic heterocycles. The lowest BCUT2D eigenvalue weighted by molar-refractivity contribution is -0.155. The predicted octanol–water partition coefficient (Wildman–Crippen LogP) is 1.50. The van der Waals surface area contributed by atoms with E-state index in [1.54, 1.807) is 12.2 Å². The first kappa shape index (κ1) is 9.82. The fourth-order valence-corrected chi connectivity index (χ4v) is 3.77. The summed E-state index contributed by atoms with van der Waals surface area (Å²) in [7, 11) is 1.40. The van der Waals surface area contributed by atoms with Crippen LogP contribution in [-0.4, -0.2) is 18.9 Å². The summed E-state index contributed by atoms with van der Waals surface area (Å²) in [6.07, 6.45) is 6.40. The van der Waals surface area contributed by atoms with Crippen LogP contribution in [0, 0.1) is 23.2 Å². The van der Waals surface area contributed by atoms with Crippen LogP contribution in [0.15, 0.2) is 23.8 Å². The summed E-state index contributed by atoms with van der Waals surface area (Å²) in [5, 5.41) is 0. The van der Waals surface area contributed by atoms with Crippen LogP contribution in [0.25, 0.3) is 0 Å². The first-order valence-electron chi connectivity index (χ1n) is 5.61. The third-order valence-corrected chi connectivity index (χ3v) is 4.46. The molecule has 1 fully saturated rings. The highest BCUT2D eigenvalue weighted by Gasteiger charge is 2.65. The second-order valence-electron chi connectivity index (χ2n) is 5.00. The van der Waals surface area contributed by atoms with Crippen LogP contribution in [0.2, 0.25) is 0 Å². The maximum absolute atomic E-state index is 12.0. The number of hydrogen-bond donors (Lipinski definition) is 0. The summed E-state index contributed by atoms with van der Waals surface area (Å²) < 4.78 is 4.90. The van der Waals surface area contributed by atoms with Crippen LogP contribution in [0.4, 0.5) is 0 Å². The van der Waals surface area contributed by atoms with Gasteiger partial charge in [0.25, 0.3) is 0 Å². The molecular weight excluding hydrogens is 204 g/mol. The summed E-state index contributed by atoms with van der Waals surface area (Å²) in [6.45, 7) is 2.05. The van der Waals surface area contributed by atoms with Gasteiger partial charge in [0.2, 0.25) is 0 Å². The summed E-state index contributed by atoms with van der Waals surface area (Å²) in [5.41, 5.74) is 0.572. The Hall–Kier alpha value is -1.38. The Morgan fingerprint density at radius 3 is 3.00 bits per heavy atom. The third-order valence-electron chi connectivity index (χ3n) is 4.46. The van der Waals surface area contributed by atoms with Crippen LogP contribution in [-0.2, 0) is 14.3 Å². The van der Waals surface area contributed by atoms with Gasteiger partial charge in [-0.05, 0) is 31.3 Å². The van der Waals surface area contributed by atoms with E-state index < -0.39 is 5.41 Å². The Labute approximate surface area is 94.2 Å². The maximum atomic E-state index is 12.0. The molecule has 3 nitrogen and oxygen atoms in total. The van der Waals surface area contributed by atoms with Crippen molar-refractivity contribution in [1.82, 2.24) is 0 Å². The summed E-state index contributed by atoms with van der Waals surface area (Å²) in [5.74, 6) is 0.0281. The van der Waals surface area contributed by atoms with Gasteiger partial charge in [0, 0.05) is 5.92 Å². The smallest absolute Gasteiger partial charge is 0.317 e. The van der Waals surface area contributed by atoms with Crippen molar-refractivity contribution in [2.75, 3.05) is 7.11 Å². The van der Waals surface area contributed by atoms with Crippen molar-refractivity contribution in [3.05, 3.63) is 23.8 Å². The average molecular weight is 218 g/mol. The number of esters is 1. The van der Waals surface area contributed by atoms with Gasteiger partial charge in [-0.15, -0.1) is 0 Å². The number of carbonyl (C=O) groups is 2. The van der Waals surface area contributed by atoms with E-state index in [0.717, 1.165) is 6.42 Å². The Morgan fingerprint density at radius 1 is 1.56 bits per heavy atom. The van der Waals surface area contributed by atoms with Crippen molar-refractivity contribution in [2.24, 2.45) is 23.2 Å². The molecule has 3 heteroatoms. The number of methoxy groups -OCH3 is 1. The number of ketones is 1. The molecule has 1 unspecified atom stereocenters. The van der Waals surface area contributed by atoms with Gasteiger partial charge in [-0.2, -0.15) is 0 Å². The van der Waals surface area contributed by atoms with E-state index in [4.69, 9.17) is 4.74 Å². The van der Waals surface area contributed by atoms with E-state index in [1.807, 2.05) is 0 Å². The minimum Gasteiger partial charge on any atom is -0.468 e. The van der Waals surface area contributed by atoms with Crippen molar-refractivity contribution < 1.29 is 14.3 Å². The molecular formula is C13H14O3. The molecule has 0 saturated heterocycles. The SMILES string of the molecule is COC(=O)[C@@]12C=CC(=O)C1[C@H]1C[C@@H]2C=C1C. The fraction of sp³-hybridized carbons (Fsp3) is 0.538. The van der Waals surface area contributed by atoms with Gasteiger partial charge in [-0.3, -0.25) is 9.59 Å². The van der Waals surface area contributed by atoms with Gasteiger partial charge < -0.3 is 4.74 Å². The third kappa shape index (κ3) is 0.856. The molecule has 0 heterocycles. The van der Waals surface area contributed by atoms with E-state index in [1.165, 1.54) is 12.7 Å². The lowest BCUT2D eigenvalue weighted by atomic mass is 9.69. The van der Waals surface area contributed by atoms with Crippen molar-refractivity contribution >= 4 is 11.8 Å². The highest BCUT2D eigenvalue weighted by molar-refractivity contribution is 6.03. The molecule has 1 saturated carbocycles. The van der Waals surface area contributed by atoms with E-state index in [0.29, 0.717) is 0 Å². The normalized spacial score (nSPS) is 43.5. The second-order valence-corrected chi connectivity index (χ2v) is 5.00. The molecule has 0 amide bonds. The first-order valence-corrected chi connectivity index (χ1v) is 5.61. The topological polar surface area (TPSA) is 43.4 Å². The molecule has 2 bridgehead atoms. The Bertz CT molecular complexity index is 446. The van der Waals surface area contributed by atoms with Crippen LogP contribution in [0.1, 0.15) is 13.3 Å². The first-order chi connectivity index (χ1) is 7.61. The fourth-order valence-electron chi connectivity index (χ4n) is 3.77. The summed E-state index contributed by atoms with van der Waals surface area (Å²) in [6, 6.07) is 0. The van der Waals surface area contributed by atoms with Crippen molar-refractivity contribution in [3.63, 3.8) is 0 Å². The van der Waals surface area contributed by atoms with E-state index >= 15 is 0 Å². The van der Waals surface area contributed by atoms with Gasteiger partial charge in [0.05, 0.1) is 7.11 Å². The van der Waals surface area contributed by atoms with Gasteiger partial charge >= 0.3 is 5.97 Å². The van der Waals surface area contributed by atoms with Gasteiger partial charge in [-0.25, -0.2) is 0 Å². The Balaban J connectivity index is 2.14. The van der Waals surface area contributed by atoms with Crippen LogP contribution < -0.4 is 0 Å². The zero-order valence-corrected chi connectivity index (χ0v) is 9.40. The molecule has 3 rings (SSSR count). The van der Waals surface area contributed by atoms with E-state index in [9.17, 15) is 9.59 Å². The summed E-state index contributed by atoms with van der Waals surface area (Å²) in [4.78, 5) is 23.9. The number of ether oxygens (including phenoxy) is 1. The molecule has 4 atom stereocenters. The lowest BCUT2D eigenvalue weighted by Gasteiger charge is -2.33. The molecule has 16 heavy (non-hydrogen) atoms. The Kier molecular flexibility index (Phi) is 1.74. The maximum Gasteiger partial charge on any atom is 0.317 e. The molecule has 0 aromatic heterocycles. The molecule has 0 N–H and O–H groups in total. The molecule has 3 aliphatic carbocycles. The Morgan fingerprint density at radius 2 is 2.31 bits per heavy atom. The monoisotopic (exact) mass is 218 g/mol. The van der Waals surface area contributed by atoms with Gasteiger partial charge in [-0.1, -0.05) is 17.7 Å². The molecule has 84 valence electrons. The lowest BCUT2D eigenvalue weighted by Crippen LogP contribution is -2.41. The molecule has 3 aliphatic rings. The molecule has 0 aromatic carbocycles. The van der Waals surface area contributed by atoms with Crippen molar-refractivity contribution in [1.29, 1.82) is 0 Å². The van der Waals surface area contributed by atoms with Crippen molar-refractivity contribution in [2.45, 2.75) is 13.3 Å². The summed E-state index contributed by atoms with van der Waals surface area (Å²) >= 11 is 0. The quantitative estimate of drug-likeness (QED) is 0.495. The van der Waals surface area contributed by atoms with Crippen LogP contribution in [0.3, 0.4) is 0 Å². The van der Waals surface area contributed by atoms with E-state index in [2.05, 4.69) is 13.0 Å². The average Bonchev–Trinajstić information content (AvgIpc) is 2.88. The largest absolute Gasteiger partial charge is 0.468 e. The number of allylic oxidation sites excluding steroid dienone is 3. The van der Waals surface area contributed by atoms with Gasteiger partial charge in [0.1, 0.15) is 5.41 Å². The van der Waals surface area contributed by atoms with Crippen LogP contribution >= 0.6 is 0 Å². The number of rotatable bonds is 1.